The average Bonchev–Trinajstić information content (AvgIpc) is 2.48. The standard InChI is InChI=1S/C16H17FN2O4S/c1-9(2)15-14(10(3)18-13(19-15)8-24(21)22)16(20)23-12-6-4-11(17)5-7-12/h4-7,9,24H,8H2,1-3H3. The first-order valence-electron chi connectivity index (χ1n) is 7.25. The number of benzene rings is 1. The number of hydrogen-bond acceptors (Lipinski definition) is 6. The fraction of sp³-hybridized carbons (Fsp3) is 0.312. The smallest absolute Gasteiger partial charge is 0.347 e. The van der Waals surface area contributed by atoms with Crippen molar-refractivity contribution < 1.29 is 22.3 Å². The van der Waals surface area contributed by atoms with Crippen molar-refractivity contribution in [2.75, 3.05) is 0 Å². The second-order valence-electron chi connectivity index (χ2n) is 5.47. The Balaban J connectivity index is 2.40. The predicted molar refractivity (Wildman–Crippen MR) is 86.2 cm³/mol. The minimum Gasteiger partial charge on any atom is -0.423 e. The minimum atomic E-state index is -2.67. The van der Waals surface area contributed by atoms with E-state index in [1.165, 1.54) is 24.3 Å². The van der Waals surface area contributed by atoms with E-state index in [1.807, 2.05) is 13.8 Å². The highest BCUT2D eigenvalue weighted by Gasteiger charge is 2.22. The summed E-state index contributed by atoms with van der Waals surface area (Å²) in [6.45, 7) is 5.26. The van der Waals surface area contributed by atoms with Crippen LogP contribution in [0.15, 0.2) is 24.3 Å². The van der Waals surface area contributed by atoms with Gasteiger partial charge in [0.25, 0.3) is 0 Å². The van der Waals surface area contributed by atoms with Crippen molar-refractivity contribution in [3.63, 3.8) is 0 Å². The quantitative estimate of drug-likeness (QED) is 0.505. The second kappa shape index (κ2) is 7.48. The third-order valence-electron chi connectivity index (χ3n) is 3.21. The molecule has 128 valence electrons. The molecule has 0 saturated carbocycles. The van der Waals surface area contributed by atoms with Gasteiger partial charge in [-0.3, -0.25) is 0 Å². The van der Waals surface area contributed by atoms with E-state index in [-0.39, 0.29) is 28.8 Å². The van der Waals surface area contributed by atoms with Crippen molar-refractivity contribution in [1.82, 2.24) is 9.97 Å². The Morgan fingerprint density at radius 2 is 1.83 bits per heavy atom. The number of hydrogen-bond donors (Lipinski definition) is 1. The number of thiol groups is 1. The number of ether oxygens (including phenoxy) is 1. The van der Waals surface area contributed by atoms with Gasteiger partial charge in [-0.05, 0) is 37.1 Å². The highest BCUT2D eigenvalue weighted by molar-refractivity contribution is 7.71. The van der Waals surface area contributed by atoms with Crippen LogP contribution in [0.5, 0.6) is 5.75 Å². The lowest BCUT2D eigenvalue weighted by Gasteiger charge is -2.14. The number of rotatable bonds is 5. The normalized spacial score (nSPS) is 11.1. The SMILES string of the molecule is Cc1nc(C[SH](=O)=O)nc(C(C)C)c1C(=O)Oc1ccc(F)cc1. The second-order valence-corrected chi connectivity index (χ2v) is 6.46. The Morgan fingerprint density at radius 3 is 2.38 bits per heavy atom. The maximum atomic E-state index is 12.9. The molecule has 0 spiro atoms. The van der Waals surface area contributed by atoms with Crippen LogP contribution in [0, 0.1) is 12.7 Å². The van der Waals surface area contributed by atoms with Crippen molar-refractivity contribution in [2.24, 2.45) is 0 Å². The molecule has 2 aromatic rings. The van der Waals surface area contributed by atoms with Crippen LogP contribution in [-0.4, -0.2) is 24.4 Å². The first kappa shape index (κ1) is 18.0. The lowest BCUT2D eigenvalue weighted by molar-refractivity contribution is 0.0731. The summed E-state index contributed by atoms with van der Waals surface area (Å²) in [6, 6.07) is 5.05. The molecule has 24 heavy (non-hydrogen) atoms. The van der Waals surface area contributed by atoms with E-state index in [0.717, 1.165) is 0 Å². The van der Waals surface area contributed by atoms with Crippen molar-refractivity contribution >= 4 is 16.7 Å². The van der Waals surface area contributed by atoms with Crippen molar-refractivity contribution in [1.29, 1.82) is 0 Å². The Labute approximate surface area is 140 Å². The molecular formula is C16H17FN2O4S. The number of carbonyl (C=O) groups is 1. The molecule has 0 amide bonds. The summed E-state index contributed by atoms with van der Waals surface area (Å²) >= 11 is 0. The van der Waals surface area contributed by atoms with Crippen LogP contribution < -0.4 is 4.74 Å². The van der Waals surface area contributed by atoms with Gasteiger partial charge in [-0.25, -0.2) is 27.6 Å². The Kier molecular flexibility index (Phi) is 5.61. The Hall–Kier alpha value is -2.35. The van der Waals surface area contributed by atoms with Gasteiger partial charge >= 0.3 is 5.97 Å². The maximum Gasteiger partial charge on any atom is 0.347 e. The van der Waals surface area contributed by atoms with Gasteiger partial charge in [0.15, 0.2) is 0 Å². The van der Waals surface area contributed by atoms with E-state index in [4.69, 9.17) is 4.74 Å². The van der Waals surface area contributed by atoms with Crippen LogP contribution in [0.25, 0.3) is 0 Å². The molecule has 8 heteroatoms. The molecule has 0 N–H and O–H groups in total. The number of aryl methyl sites for hydroxylation is 1. The lowest BCUT2D eigenvalue weighted by atomic mass is 10.0. The summed E-state index contributed by atoms with van der Waals surface area (Å²) < 4.78 is 39.9. The van der Waals surface area contributed by atoms with E-state index in [0.29, 0.717) is 11.4 Å². The van der Waals surface area contributed by atoms with Crippen LogP contribution >= 0.6 is 0 Å². The number of carbonyl (C=O) groups excluding carboxylic acids is 1. The summed E-state index contributed by atoms with van der Waals surface area (Å²) in [6.07, 6.45) is 0. The van der Waals surface area contributed by atoms with Gasteiger partial charge in [0.1, 0.15) is 39.4 Å². The third-order valence-corrected chi connectivity index (χ3v) is 3.75. The molecule has 0 aliphatic rings. The number of aromatic nitrogens is 2. The van der Waals surface area contributed by atoms with E-state index in [9.17, 15) is 17.6 Å². The molecule has 0 unspecified atom stereocenters. The molecule has 0 saturated heterocycles. The van der Waals surface area contributed by atoms with Gasteiger partial charge in [0.05, 0.1) is 11.4 Å². The summed E-state index contributed by atoms with van der Waals surface area (Å²) in [5, 5.41) is 0. The van der Waals surface area contributed by atoms with Gasteiger partial charge in [-0.1, -0.05) is 13.8 Å². The number of halogens is 1. The highest BCUT2D eigenvalue weighted by atomic mass is 32.2. The fourth-order valence-corrected chi connectivity index (χ4v) is 2.54. The zero-order valence-corrected chi connectivity index (χ0v) is 14.3. The minimum absolute atomic E-state index is 0.134. The summed E-state index contributed by atoms with van der Waals surface area (Å²) in [7, 11) is -2.67. The third kappa shape index (κ3) is 4.35. The fourth-order valence-electron chi connectivity index (χ4n) is 2.17. The van der Waals surface area contributed by atoms with E-state index < -0.39 is 22.5 Å². The molecular weight excluding hydrogens is 335 g/mol. The monoisotopic (exact) mass is 352 g/mol. The first-order chi connectivity index (χ1) is 11.3. The predicted octanol–water partition coefficient (Wildman–Crippen LogP) is 2.38. The molecule has 1 heterocycles. The van der Waals surface area contributed by atoms with Gasteiger partial charge in [0.2, 0.25) is 0 Å². The van der Waals surface area contributed by atoms with E-state index >= 15 is 0 Å². The molecule has 2 rings (SSSR count). The van der Waals surface area contributed by atoms with E-state index in [1.54, 1.807) is 6.92 Å². The van der Waals surface area contributed by atoms with Gasteiger partial charge in [-0.2, -0.15) is 0 Å². The van der Waals surface area contributed by atoms with Crippen molar-refractivity contribution in [2.45, 2.75) is 32.4 Å². The molecule has 0 fully saturated rings. The van der Waals surface area contributed by atoms with E-state index in [2.05, 4.69) is 9.97 Å². The van der Waals surface area contributed by atoms with Gasteiger partial charge in [0, 0.05) is 0 Å². The number of nitrogens with zero attached hydrogens (tertiary/aromatic N) is 2. The van der Waals surface area contributed by atoms with Crippen LogP contribution in [0.3, 0.4) is 0 Å². The largest absolute Gasteiger partial charge is 0.423 e. The van der Waals surface area contributed by atoms with Crippen molar-refractivity contribution in [3.05, 3.63) is 52.9 Å². The molecule has 1 aromatic carbocycles. The maximum absolute atomic E-state index is 12.9. The summed E-state index contributed by atoms with van der Waals surface area (Å²) in [5.74, 6) is -1.18. The zero-order valence-electron chi connectivity index (χ0n) is 13.4. The van der Waals surface area contributed by atoms with Gasteiger partial charge in [-0.15, -0.1) is 0 Å². The first-order valence-corrected chi connectivity index (χ1v) is 8.61. The molecule has 0 atom stereocenters. The lowest BCUT2D eigenvalue weighted by Crippen LogP contribution is -2.18. The Bertz CT molecular complexity index is 825. The van der Waals surface area contributed by atoms with Crippen LogP contribution in [0.4, 0.5) is 4.39 Å². The van der Waals surface area contributed by atoms with Gasteiger partial charge < -0.3 is 4.74 Å². The molecule has 6 nitrogen and oxygen atoms in total. The number of esters is 1. The summed E-state index contributed by atoms with van der Waals surface area (Å²) in [5.41, 5.74) is 0.952. The highest BCUT2D eigenvalue weighted by Crippen LogP contribution is 2.22. The Morgan fingerprint density at radius 1 is 1.21 bits per heavy atom. The molecule has 0 bridgehead atoms. The van der Waals surface area contributed by atoms with Crippen molar-refractivity contribution in [3.8, 4) is 5.75 Å². The molecule has 1 aromatic heterocycles. The zero-order chi connectivity index (χ0) is 17.9. The van der Waals surface area contributed by atoms with Crippen LogP contribution in [0.1, 0.15) is 47.3 Å². The molecule has 0 radical (unpaired) electrons. The molecule has 0 aliphatic heterocycles. The van der Waals surface area contributed by atoms with Crippen LogP contribution in [-0.2, 0) is 16.5 Å². The summed E-state index contributed by atoms with van der Waals surface area (Å²) in [4.78, 5) is 20.7. The average molecular weight is 352 g/mol. The molecule has 0 aliphatic carbocycles. The van der Waals surface area contributed by atoms with Crippen LogP contribution in [0.2, 0.25) is 0 Å². The topological polar surface area (TPSA) is 86.2 Å².